The van der Waals surface area contributed by atoms with Gasteiger partial charge < -0.3 is 20.0 Å². The summed E-state index contributed by atoms with van der Waals surface area (Å²) in [5.74, 6) is -0.198. The third kappa shape index (κ3) is 4.50. The second-order valence-corrected chi connectivity index (χ2v) is 9.14. The summed E-state index contributed by atoms with van der Waals surface area (Å²) in [6.45, 7) is 3.69. The summed E-state index contributed by atoms with van der Waals surface area (Å²) in [4.78, 5) is 32.7. The maximum absolute atomic E-state index is 14.3. The molecule has 37 heavy (non-hydrogen) atoms. The van der Waals surface area contributed by atoms with E-state index in [0.717, 1.165) is 28.7 Å². The molecular weight excluding hydrogens is 476 g/mol. The number of piperazine rings is 1. The van der Waals surface area contributed by atoms with Crippen LogP contribution < -0.4 is 15.1 Å². The van der Waals surface area contributed by atoms with Crippen LogP contribution in [0.4, 0.5) is 26.1 Å². The maximum Gasteiger partial charge on any atom is 0.274 e. The van der Waals surface area contributed by atoms with E-state index in [1.807, 2.05) is 35.4 Å². The highest BCUT2D eigenvalue weighted by Crippen LogP contribution is 2.29. The van der Waals surface area contributed by atoms with Gasteiger partial charge in [0.25, 0.3) is 5.91 Å². The van der Waals surface area contributed by atoms with E-state index >= 15 is 0 Å². The number of rotatable bonds is 4. The van der Waals surface area contributed by atoms with Gasteiger partial charge in [-0.2, -0.15) is 0 Å². The van der Waals surface area contributed by atoms with Crippen molar-refractivity contribution in [2.75, 3.05) is 54.4 Å². The molecule has 0 bridgehead atoms. The van der Waals surface area contributed by atoms with Gasteiger partial charge in [-0.25, -0.2) is 18.7 Å². The number of carbonyl (C=O) groups is 1. The molecule has 6 rings (SSSR count). The van der Waals surface area contributed by atoms with Crippen LogP contribution >= 0.6 is 0 Å². The van der Waals surface area contributed by atoms with Gasteiger partial charge in [0.05, 0.1) is 11.7 Å². The molecule has 0 unspecified atom stereocenters. The van der Waals surface area contributed by atoms with Gasteiger partial charge in [0.1, 0.15) is 17.3 Å². The van der Waals surface area contributed by atoms with Crippen molar-refractivity contribution in [3.63, 3.8) is 0 Å². The van der Waals surface area contributed by atoms with E-state index in [1.54, 1.807) is 4.90 Å². The minimum Gasteiger partial charge on any atom is -0.367 e. The number of aromatic nitrogens is 3. The average Bonchev–Trinajstić information content (AvgIpc) is 2.94. The highest BCUT2D eigenvalue weighted by molar-refractivity contribution is 5.94. The Kier molecular flexibility index (Phi) is 5.99. The van der Waals surface area contributed by atoms with Crippen molar-refractivity contribution in [1.82, 2.24) is 19.9 Å². The molecule has 10 heteroatoms. The van der Waals surface area contributed by atoms with Crippen LogP contribution in [0, 0.1) is 11.6 Å². The Morgan fingerprint density at radius 1 is 0.973 bits per heavy atom. The predicted octanol–water partition coefficient (Wildman–Crippen LogP) is 3.70. The Morgan fingerprint density at radius 2 is 1.81 bits per heavy atom. The smallest absolute Gasteiger partial charge is 0.274 e. The Labute approximate surface area is 212 Å². The molecule has 0 saturated carbocycles. The number of amides is 1. The minimum absolute atomic E-state index is 0.128. The average molecular weight is 502 g/mol. The van der Waals surface area contributed by atoms with E-state index in [-0.39, 0.29) is 23.7 Å². The van der Waals surface area contributed by atoms with Crippen molar-refractivity contribution < 1.29 is 13.6 Å². The van der Waals surface area contributed by atoms with Crippen molar-refractivity contribution in [2.45, 2.75) is 6.54 Å². The topological polar surface area (TPSA) is 77.5 Å². The maximum atomic E-state index is 14.3. The highest BCUT2D eigenvalue weighted by Gasteiger charge is 2.27. The van der Waals surface area contributed by atoms with Gasteiger partial charge >= 0.3 is 0 Å². The Hall–Kier alpha value is -4.34. The van der Waals surface area contributed by atoms with Crippen LogP contribution in [0.3, 0.4) is 0 Å². The molecule has 1 amide bonds. The Bertz CT molecular complexity index is 1470. The van der Waals surface area contributed by atoms with E-state index in [9.17, 15) is 13.6 Å². The molecule has 1 N–H and O–H groups in total. The molecule has 1 saturated heterocycles. The number of benzene rings is 2. The van der Waals surface area contributed by atoms with Crippen LogP contribution in [0.2, 0.25) is 0 Å². The number of fused-ring (bicyclic) bond motifs is 2. The van der Waals surface area contributed by atoms with Crippen LogP contribution in [0.5, 0.6) is 0 Å². The quantitative estimate of drug-likeness (QED) is 0.457. The zero-order valence-electron chi connectivity index (χ0n) is 20.1. The molecule has 4 heterocycles. The lowest BCUT2D eigenvalue weighted by Crippen LogP contribution is -2.49. The second-order valence-electron chi connectivity index (χ2n) is 9.14. The lowest BCUT2D eigenvalue weighted by Gasteiger charge is -2.36. The lowest BCUT2D eigenvalue weighted by molar-refractivity contribution is 0.0740. The predicted molar refractivity (Wildman–Crippen MR) is 138 cm³/mol. The summed E-state index contributed by atoms with van der Waals surface area (Å²) in [6, 6.07) is 13.4. The van der Waals surface area contributed by atoms with E-state index in [0.29, 0.717) is 50.9 Å². The van der Waals surface area contributed by atoms with E-state index in [4.69, 9.17) is 0 Å². The van der Waals surface area contributed by atoms with Crippen LogP contribution in [-0.2, 0) is 6.54 Å². The number of hydrogen-bond acceptors (Lipinski definition) is 7. The fourth-order valence-electron chi connectivity index (χ4n) is 4.94. The Balaban J connectivity index is 1.18. The number of nitrogens with zero attached hydrogens (tertiary/aromatic N) is 6. The van der Waals surface area contributed by atoms with Crippen molar-refractivity contribution in [2.24, 2.45) is 0 Å². The van der Waals surface area contributed by atoms with Gasteiger partial charge in [-0.05, 0) is 30.3 Å². The first-order chi connectivity index (χ1) is 18.1. The normalized spacial score (nSPS) is 15.5. The fraction of sp³-hybridized carbons (Fsp3) is 0.259. The molecule has 4 aromatic rings. The second kappa shape index (κ2) is 9.61. The molecule has 1 fully saturated rings. The van der Waals surface area contributed by atoms with Crippen LogP contribution in [0.15, 0.2) is 60.9 Å². The van der Waals surface area contributed by atoms with Crippen LogP contribution in [-0.4, -0.2) is 65.0 Å². The number of nitrogens with one attached hydrogen (secondary N) is 1. The largest absolute Gasteiger partial charge is 0.367 e. The van der Waals surface area contributed by atoms with Gasteiger partial charge in [-0.1, -0.05) is 18.2 Å². The number of para-hydroxylation sites is 1. The Morgan fingerprint density at radius 3 is 2.68 bits per heavy atom. The third-order valence-corrected chi connectivity index (χ3v) is 6.85. The molecule has 2 aliphatic rings. The van der Waals surface area contributed by atoms with Gasteiger partial charge in [-0.15, -0.1) is 0 Å². The van der Waals surface area contributed by atoms with Crippen LogP contribution in [0.25, 0.3) is 10.9 Å². The van der Waals surface area contributed by atoms with E-state index in [1.165, 1.54) is 12.3 Å². The fourth-order valence-corrected chi connectivity index (χ4v) is 4.94. The van der Waals surface area contributed by atoms with Gasteiger partial charge in [0.2, 0.25) is 0 Å². The zero-order chi connectivity index (χ0) is 25.4. The van der Waals surface area contributed by atoms with Crippen LogP contribution in [0.1, 0.15) is 16.1 Å². The van der Waals surface area contributed by atoms with Crippen molar-refractivity contribution in [3.05, 3.63) is 83.8 Å². The summed E-state index contributed by atoms with van der Waals surface area (Å²) < 4.78 is 28.0. The summed E-state index contributed by atoms with van der Waals surface area (Å²) in [5.41, 5.74) is 2.51. The molecule has 0 aliphatic carbocycles. The summed E-state index contributed by atoms with van der Waals surface area (Å²) >= 11 is 0. The number of anilines is 3. The zero-order valence-corrected chi connectivity index (χ0v) is 20.1. The lowest BCUT2D eigenvalue weighted by atomic mass is 10.1. The minimum atomic E-state index is -0.499. The van der Waals surface area contributed by atoms with Crippen molar-refractivity contribution in [3.8, 4) is 0 Å². The standard InChI is InChI=1S/C27H25F2N7O/c28-19-5-6-21(29)18(15-19)17-36-10-9-31-25-26(36)33-23(16-32-25)27(37)35-13-11-34(12-14-35)24-7-8-30-22-4-2-1-3-20(22)24/h1-8,15-16H,9-14,17H2,(H,31,32). The summed E-state index contributed by atoms with van der Waals surface area (Å²) in [6.07, 6.45) is 3.29. The van der Waals surface area contributed by atoms with Crippen molar-refractivity contribution >= 4 is 34.1 Å². The first-order valence-electron chi connectivity index (χ1n) is 12.2. The molecule has 2 aromatic heterocycles. The number of hydrogen-bond donors (Lipinski definition) is 1. The molecule has 188 valence electrons. The molecule has 0 spiro atoms. The van der Waals surface area contributed by atoms with Gasteiger partial charge in [0.15, 0.2) is 11.6 Å². The molecule has 0 radical (unpaired) electrons. The number of halogens is 2. The molecule has 0 atom stereocenters. The van der Waals surface area contributed by atoms with E-state index < -0.39 is 11.6 Å². The molecule has 2 aliphatic heterocycles. The van der Waals surface area contributed by atoms with Gasteiger partial charge in [0, 0.05) is 68.6 Å². The number of pyridine rings is 1. The molecule has 2 aromatic carbocycles. The summed E-state index contributed by atoms with van der Waals surface area (Å²) in [5, 5.41) is 4.26. The highest BCUT2D eigenvalue weighted by atomic mass is 19.1. The van der Waals surface area contributed by atoms with Gasteiger partial charge in [-0.3, -0.25) is 9.78 Å². The molecular formula is C27H25F2N7O. The first-order valence-corrected chi connectivity index (χ1v) is 12.2. The molecule has 8 nitrogen and oxygen atoms in total. The first kappa shape index (κ1) is 23.1. The van der Waals surface area contributed by atoms with E-state index in [2.05, 4.69) is 31.2 Å². The summed E-state index contributed by atoms with van der Waals surface area (Å²) in [7, 11) is 0. The SMILES string of the molecule is O=C(c1cnc2c(n1)N(Cc1cc(F)ccc1F)CCN2)N1CCN(c2ccnc3ccccc23)CC1. The third-order valence-electron chi connectivity index (χ3n) is 6.85. The number of carbonyl (C=O) groups excluding carboxylic acids is 1. The monoisotopic (exact) mass is 501 g/mol. The van der Waals surface area contributed by atoms with Crippen molar-refractivity contribution in [1.29, 1.82) is 0 Å².